The van der Waals surface area contributed by atoms with Crippen LogP contribution in [-0.4, -0.2) is 15.0 Å². The van der Waals surface area contributed by atoms with Crippen LogP contribution in [0.15, 0.2) is 90.0 Å². The van der Waals surface area contributed by atoms with E-state index in [0.29, 0.717) is 0 Å². The van der Waals surface area contributed by atoms with E-state index in [9.17, 15) is 0 Å². The fourth-order valence-electron chi connectivity index (χ4n) is 2.64. The summed E-state index contributed by atoms with van der Waals surface area (Å²) >= 11 is 5.41. The molecule has 0 bridgehead atoms. The smallest absolute Gasteiger partial charge is 0.0894 e. The van der Waals surface area contributed by atoms with Crippen LogP contribution in [-0.2, 0) is 29.1 Å². The van der Waals surface area contributed by atoms with Crippen LogP contribution >= 0.6 is 0 Å². The van der Waals surface area contributed by atoms with Gasteiger partial charge in [0, 0.05) is 22.7 Å². The van der Waals surface area contributed by atoms with E-state index in [1.165, 1.54) is 0 Å². The Morgan fingerprint density at radius 2 is 1.08 bits per heavy atom. The van der Waals surface area contributed by atoms with Crippen molar-refractivity contribution in [2.45, 2.75) is 4.90 Å². The molecule has 4 rings (SSSR count). The molecule has 0 fully saturated rings. The van der Waals surface area contributed by atoms with Crippen LogP contribution < -0.4 is 0 Å². The number of aromatic nitrogens is 3. The van der Waals surface area contributed by atoms with Gasteiger partial charge in [0.15, 0.2) is 0 Å². The van der Waals surface area contributed by atoms with Crippen LogP contribution in [0.3, 0.4) is 0 Å². The zero-order chi connectivity index (χ0) is 17.1. The van der Waals surface area contributed by atoms with Crippen molar-refractivity contribution in [1.29, 1.82) is 0 Å². The minimum atomic E-state index is 0. The predicted octanol–water partition coefficient (Wildman–Crippen LogP) is 4.78. The first-order valence-corrected chi connectivity index (χ1v) is 8.34. The van der Waals surface area contributed by atoms with Gasteiger partial charge in [-0.15, -0.1) is 0 Å². The molecule has 0 aliphatic carbocycles. The molecule has 0 amide bonds. The summed E-state index contributed by atoms with van der Waals surface area (Å²) in [7, 11) is 0. The molecule has 130 valence electrons. The molecule has 5 heteroatoms. The first-order chi connectivity index (χ1) is 12.3. The summed E-state index contributed by atoms with van der Waals surface area (Å²) in [6.45, 7) is 0. The predicted molar refractivity (Wildman–Crippen MR) is 102 cm³/mol. The van der Waals surface area contributed by atoms with Gasteiger partial charge in [-0.25, -0.2) is 9.97 Å². The van der Waals surface area contributed by atoms with Crippen LogP contribution in [0.1, 0.15) is 0 Å². The maximum Gasteiger partial charge on any atom is 0.0894 e. The van der Waals surface area contributed by atoms with Gasteiger partial charge < -0.3 is 12.6 Å². The summed E-state index contributed by atoms with van der Waals surface area (Å²) < 4.78 is 0. The molecule has 0 spiro atoms. The number of nitrogens with zero attached hydrogens (tertiary/aromatic N) is 3. The summed E-state index contributed by atoms with van der Waals surface area (Å²) in [5, 5.41) is 0. The number of rotatable bonds is 3. The fourth-order valence-corrected chi connectivity index (χ4v) is 2.89. The minimum absolute atomic E-state index is 0. The Labute approximate surface area is 167 Å². The average molecular weight is 399 g/mol. The van der Waals surface area contributed by atoms with Crippen LogP contribution in [0.25, 0.3) is 34.0 Å². The summed E-state index contributed by atoms with van der Waals surface area (Å²) in [5.41, 5.74) is 5.11. The molecule has 3 nitrogen and oxygen atoms in total. The summed E-state index contributed by atoms with van der Waals surface area (Å²) in [5.74, 6) is 0. The molecular weight excluding hydrogens is 385 g/mol. The Morgan fingerprint density at radius 3 is 1.73 bits per heavy atom. The van der Waals surface area contributed by atoms with Gasteiger partial charge in [-0.05, 0) is 42.0 Å². The topological polar surface area (TPSA) is 38.7 Å². The van der Waals surface area contributed by atoms with Gasteiger partial charge in [0.05, 0.1) is 28.5 Å². The summed E-state index contributed by atoms with van der Waals surface area (Å²) in [6, 6.07) is 25.4. The van der Waals surface area contributed by atoms with Crippen molar-refractivity contribution in [3.63, 3.8) is 0 Å². The zero-order valence-corrected chi connectivity index (χ0v) is 15.5. The maximum absolute atomic E-state index is 5.41. The van der Waals surface area contributed by atoms with Crippen molar-refractivity contribution >= 4 is 12.6 Å². The van der Waals surface area contributed by atoms with Crippen LogP contribution in [0.2, 0.25) is 0 Å². The maximum atomic E-state index is 5.41. The van der Waals surface area contributed by atoms with Crippen molar-refractivity contribution in [1.82, 2.24) is 15.0 Å². The Kier molecular flexibility index (Phi) is 5.72. The summed E-state index contributed by atoms with van der Waals surface area (Å²) in [6.07, 6.45) is 1.77. The molecule has 0 radical (unpaired) electrons. The normalized spacial score (nSPS) is 10.2. The van der Waals surface area contributed by atoms with Crippen LogP contribution in [0.5, 0.6) is 0 Å². The van der Waals surface area contributed by atoms with Crippen LogP contribution in [0.4, 0.5) is 0 Å². The zero-order valence-electron chi connectivity index (χ0n) is 13.6. The third-order valence-corrected chi connectivity index (χ3v) is 4.21. The van der Waals surface area contributed by atoms with E-state index in [0.717, 1.165) is 38.9 Å². The second kappa shape index (κ2) is 8.17. The van der Waals surface area contributed by atoms with E-state index in [4.69, 9.17) is 22.6 Å². The van der Waals surface area contributed by atoms with E-state index >= 15 is 0 Å². The minimum Gasteiger partial charge on any atom is -0.779 e. The van der Waals surface area contributed by atoms with Crippen molar-refractivity contribution in [3.8, 4) is 34.0 Å². The molecule has 0 aliphatic rings. The van der Waals surface area contributed by atoms with Crippen molar-refractivity contribution in [3.05, 3.63) is 85.1 Å². The van der Waals surface area contributed by atoms with E-state index in [1.807, 2.05) is 78.9 Å². The third-order valence-electron chi connectivity index (χ3n) is 3.85. The molecule has 1 aromatic carbocycles. The van der Waals surface area contributed by atoms with Crippen LogP contribution in [0, 0.1) is 0 Å². The van der Waals surface area contributed by atoms with Gasteiger partial charge in [-0.2, -0.15) is 4.90 Å². The summed E-state index contributed by atoms with van der Waals surface area (Å²) in [4.78, 5) is 14.6. The molecule has 3 heterocycles. The monoisotopic (exact) mass is 398 g/mol. The Balaban J connectivity index is 0.00000196. The van der Waals surface area contributed by atoms with Crippen molar-refractivity contribution < 1.29 is 16.5 Å². The molecule has 0 unspecified atom stereocenters. The molecule has 4 aromatic rings. The van der Waals surface area contributed by atoms with Crippen molar-refractivity contribution in [2.24, 2.45) is 0 Å². The van der Waals surface area contributed by atoms with Gasteiger partial charge in [-0.3, -0.25) is 4.98 Å². The SMILES string of the molecule is [Ni].[S-]c1ccccc1-c1cccc(-c2cccc(-c3ccccn3)n2)n1. The number of pyridine rings is 3. The molecule has 26 heavy (non-hydrogen) atoms. The number of hydrogen-bond acceptors (Lipinski definition) is 4. The fraction of sp³-hybridized carbons (Fsp3) is 0. The van der Waals surface area contributed by atoms with E-state index in [-0.39, 0.29) is 16.5 Å². The second-order valence-corrected chi connectivity index (χ2v) is 5.97. The molecule has 3 aromatic heterocycles. The number of hydrogen-bond donors (Lipinski definition) is 0. The number of benzene rings is 1. The molecule has 0 saturated heterocycles. The van der Waals surface area contributed by atoms with Gasteiger partial charge in [0.2, 0.25) is 0 Å². The Morgan fingerprint density at radius 1 is 0.538 bits per heavy atom. The van der Waals surface area contributed by atoms with Gasteiger partial charge in [-0.1, -0.05) is 42.5 Å². The van der Waals surface area contributed by atoms with E-state index in [1.54, 1.807) is 6.20 Å². The molecule has 0 saturated carbocycles. The van der Waals surface area contributed by atoms with Gasteiger partial charge in [0.1, 0.15) is 0 Å². The first-order valence-electron chi connectivity index (χ1n) is 7.93. The largest absolute Gasteiger partial charge is 0.779 e. The molecule has 0 atom stereocenters. The third kappa shape index (κ3) is 3.80. The Bertz CT molecular complexity index is 1020. The van der Waals surface area contributed by atoms with Gasteiger partial charge >= 0.3 is 0 Å². The second-order valence-electron chi connectivity index (χ2n) is 5.53. The molecular formula is C21H14N3NiS-. The molecule has 0 N–H and O–H groups in total. The van der Waals surface area contributed by atoms with E-state index in [2.05, 4.69) is 4.98 Å². The van der Waals surface area contributed by atoms with Gasteiger partial charge in [0.25, 0.3) is 0 Å². The quantitative estimate of drug-likeness (QED) is 0.367. The standard InChI is InChI=1S/C21H15N3S.Ni/c25-21-13-2-1-7-15(21)16-9-5-11-19(23-16)20-12-6-10-18(24-20)17-8-3-4-14-22-17;/h1-14,25H;/p-1. The van der Waals surface area contributed by atoms with E-state index < -0.39 is 0 Å². The first kappa shape index (κ1) is 18.2. The van der Waals surface area contributed by atoms with Crippen molar-refractivity contribution in [2.75, 3.05) is 0 Å². The Hall–Kier alpha value is -2.62. The average Bonchev–Trinajstić information content (AvgIpc) is 2.69. The molecule has 0 aliphatic heterocycles.